The van der Waals surface area contributed by atoms with Gasteiger partial charge in [0.05, 0.1) is 22.5 Å². The lowest BCUT2D eigenvalue weighted by Crippen LogP contribution is -2.38. The van der Waals surface area contributed by atoms with Gasteiger partial charge >= 0.3 is 0 Å². The molecule has 0 aliphatic carbocycles. The minimum atomic E-state index is -0.195. The summed E-state index contributed by atoms with van der Waals surface area (Å²) in [6.45, 7) is 2.60. The highest BCUT2D eigenvalue weighted by molar-refractivity contribution is 6.31. The van der Waals surface area contributed by atoms with Gasteiger partial charge in [0.2, 0.25) is 5.91 Å². The van der Waals surface area contributed by atoms with Crippen molar-refractivity contribution in [2.75, 3.05) is 13.6 Å². The molecule has 2 unspecified atom stereocenters. The summed E-state index contributed by atoms with van der Waals surface area (Å²) in [7, 11) is 1.84. The zero-order valence-corrected chi connectivity index (χ0v) is 13.5. The Morgan fingerprint density at radius 3 is 2.86 bits per heavy atom. The Balaban J connectivity index is 2.11. The van der Waals surface area contributed by atoms with Crippen LogP contribution in [-0.2, 0) is 4.79 Å². The van der Waals surface area contributed by atoms with Crippen LogP contribution in [0.2, 0.25) is 5.02 Å². The Morgan fingerprint density at radius 1 is 1.43 bits per heavy atom. The van der Waals surface area contributed by atoms with Crippen molar-refractivity contribution in [1.82, 2.24) is 14.5 Å². The first-order valence-corrected chi connectivity index (χ1v) is 7.84. The second-order valence-corrected chi connectivity index (χ2v) is 6.65. The summed E-state index contributed by atoms with van der Waals surface area (Å²) in [5.41, 5.74) is 1.87. The van der Waals surface area contributed by atoms with E-state index in [0.29, 0.717) is 18.0 Å². The van der Waals surface area contributed by atoms with E-state index in [4.69, 9.17) is 23.2 Å². The van der Waals surface area contributed by atoms with E-state index in [1.54, 1.807) is 4.90 Å². The number of imidazole rings is 1. The molecule has 2 aromatic rings. The first-order valence-electron chi connectivity index (χ1n) is 7.03. The van der Waals surface area contributed by atoms with E-state index >= 15 is 0 Å². The van der Waals surface area contributed by atoms with Crippen molar-refractivity contribution in [3.8, 4) is 0 Å². The molecule has 0 spiro atoms. The summed E-state index contributed by atoms with van der Waals surface area (Å²) in [4.78, 5) is 18.1. The Hall–Kier alpha value is -1.26. The van der Waals surface area contributed by atoms with E-state index in [0.717, 1.165) is 23.3 Å². The molecular weight excluding hydrogens is 309 g/mol. The molecular formula is C15H17Cl2N3O. The van der Waals surface area contributed by atoms with Gasteiger partial charge in [-0.1, -0.05) is 11.6 Å². The fraction of sp³-hybridized carbons (Fsp3) is 0.467. The van der Waals surface area contributed by atoms with Gasteiger partial charge in [0, 0.05) is 25.0 Å². The lowest BCUT2D eigenvalue weighted by Gasteiger charge is -2.32. The van der Waals surface area contributed by atoms with E-state index in [2.05, 4.69) is 9.55 Å². The topological polar surface area (TPSA) is 38.1 Å². The molecule has 21 heavy (non-hydrogen) atoms. The lowest BCUT2D eigenvalue weighted by molar-refractivity contribution is -0.132. The number of benzene rings is 1. The quantitative estimate of drug-likeness (QED) is 0.788. The number of fused-ring (bicyclic) bond motifs is 1. The van der Waals surface area contributed by atoms with Gasteiger partial charge in [-0.15, -0.1) is 11.6 Å². The van der Waals surface area contributed by atoms with Crippen molar-refractivity contribution in [2.45, 2.75) is 31.2 Å². The molecule has 1 aromatic heterocycles. The molecule has 0 radical (unpaired) electrons. The summed E-state index contributed by atoms with van der Waals surface area (Å²) in [6.07, 6.45) is 1.37. The first kappa shape index (κ1) is 14.7. The number of halogens is 2. The maximum Gasteiger partial charge on any atom is 0.222 e. The smallest absolute Gasteiger partial charge is 0.222 e. The van der Waals surface area contributed by atoms with Gasteiger partial charge in [0.15, 0.2) is 0 Å². The molecule has 4 nitrogen and oxygen atoms in total. The van der Waals surface area contributed by atoms with Crippen LogP contribution >= 0.6 is 23.2 Å². The highest BCUT2D eigenvalue weighted by Gasteiger charge is 2.28. The first-order chi connectivity index (χ1) is 9.97. The predicted molar refractivity (Wildman–Crippen MR) is 84.9 cm³/mol. The lowest BCUT2D eigenvalue weighted by atomic mass is 10.0. The third-order valence-electron chi connectivity index (χ3n) is 4.00. The van der Waals surface area contributed by atoms with E-state index < -0.39 is 0 Å². The van der Waals surface area contributed by atoms with Crippen molar-refractivity contribution >= 4 is 40.1 Å². The molecule has 1 amide bonds. The normalized spacial score (nSPS) is 21.0. The van der Waals surface area contributed by atoms with Crippen LogP contribution in [-0.4, -0.2) is 34.0 Å². The zero-order chi connectivity index (χ0) is 15.1. The summed E-state index contributed by atoms with van der Waals surface area (Å²) < 4.78 is 2.17. The van der Waals surface area contributed by atoms with E-state index in [1.807, 2.05) is 32.2 Å². The van der Waals surface area contributed by atoms with Crippen LogP contribution < -0.4 is 0 Å². The summed E-state index contributed by atoms with van der Waals surface area (Å²) in [6, 6.07) is 5.90. The number of carbonyl (C=O) groups is 1. The van der Waals surface area contributed by atoms with Crippen LogP contribution in [0.1, 0.15) is 37.0 Å². The van der Waals surface area contributed by atoms with Gasteiger partial charge in [-0.25, -0.2) is 4.98 Å². The number of amides is 1. The molecule has 1 fully saturated rings. The van der Waals surface area contributed by atoms with Crippen LogP contribution in [0.4, 0.5) is 0 Å². The molecule has 112 valence electrons. The van der Waals surface area contributed by atoms with Crippen LogP contribution in [0.5, 0.6) is 0 Å². The van der Waals surface area contributed by atoms with Gasteiger partial charge in [-0.3, -0.25) is 4.79 Å². The molecule has 2 heterocycles. The average molecular weight is 326 g/mol. The SMILES string of the molecule is CC(Cl)c1nc2cc(Cl)ccc2n1C1CCC(=O)N(C)C1. The highest BCUT2D eigenvalue weighted by Crippen LogP contribution is 2.33. The monoisotopic (exact) mass is 325 g/mol. The second kappa shape index (κ2) is 5.50. The highest BCUT2D eigenvalue weighted by atomic mass is 35.5. The average Bonchev–Trinajstić information content (AvgIpc) is 2.80. The molecule has 0 saturated carbocycles. The fourth-order valence-corrected chi connectivity index (χ4v) is 3.28. The summed E-state index contributed by atoms with van der Waals surface area (Å²) >= 11 is 12.4. The maximum atomic E-state index is 11.7. The molecule has 1 saturated heterocycles. The maximum absolute atomic E-state index is 11.7. The molecule has 0 bridgehead atoms. The number of piperidine rings is 1. The van der Waals surface area contributed by atoms with Crippen molar-refractivity contribution in [3.05, 3.63) is 29.0 Å². The predicted octanol–water partition coefficient (Wildman–Crippen LogP) is 3.78. The molecule has 6 heteroatoms. The van der Waals surface area contributed by atoms with Gasteiger partial charge in [-0.05, 0) is 31.5 Å². The third kappa shape index (κ3) is 2.62. The molecule has 2 atom stereocenters. The summed E-state index contributed by atoms with van der Waals surface area (Å²) in [5, 5.41) is 0.468. The van der Waals surface area contributed by atoms with Crippen molar-refractivity contribution in [3.63, 3.8) is 0 Å². The standard InChI is InChI=1S/C15H17Cl2N3O/c1-9(16)15-18-12-7-10(17)3-5-13(12)20(15)11-4-6-14(21)19(2)8-11/h3,5,7,9,11H,4,6,8H2,1-2H3. The number of nitrogens with zero attached hydrogens (tertiary/aromatic N) is 3. The van der Waals surface area contributed by atoms with Gasteiger partial charge in [0.25, 0.3) is 0 Å². The van der Waals surface area contributed by atoms with Crippen molar-refractivity contribution < 1.29 is 4.79 Å². The van der Waals surface area contributed by atoms with Crippen molar-refractivity contribution in [2.24, 2.45) is 0 Å². The minimum Gasteiger partial charge on any atom is -0.344 e. The number of likely N-dealkylation sites (tertiary alicyclic amines) is 1. The molecule has 1 aromatic carbocycles. The van der Waals surface area contributed by atoms with Crippen LogP contribution in [0, 0.1) is 0 Å². The molecule has 1 aliphatic heterocycles. The van der Waals surface area contributed by atoms with Gasteiger partial charge < -0.3 is 9.47 Å². The largest absolute Gasteiger partial charge is 0.344 e. The van der Waals surface area contributed by atoms with E-state index in [1.165, 1.54) is 0 Å². The van der Waals surface area contributed by atoms with E-state index in [9.17, 15) is 4.79 Å². The number of aromatic nitrogens is 2. The Labute approximate surface area is 133 Å². The second-order valence-electron chi connectivity index (χ2n) is 5.56. The number of alkyl halides is 1. The molecule has 1 aliphatic rings. The van der Waals surface area contributed by atoms with Gasteiger partial charge in [-0.2, -0.15) is 0 Å². The summed E-state index contributed by atoms with van der Waals surface area (Å²) in [5.74, 6) is 1.03. The number of hydrogen-bond acceptors (Lipinski definition) is 2. The third-order valence-corrected chi connectivity index (χ3v) is 4.43. The van der Waals surface area contributed by atoms with Crippen LogP contribution in [0.15, 0.2) is 18.2 Å². The van der Waals surface area contributed by atoms with Gasteiger partial charge in [0.1, 0.15) is 5.82 Å². The minimum absolute atomic E-state index is 0.194. The van der Waals surface area contributed by atoms with Crippen molar-refractivity contribution in [1.29, 1.82) is 0 Å². The molecule has 0 N–H and O–H groups in total. The zero-order valence-electron chi connectivity index (χ0n) is 12.0. The van der Waals surface area contributed by atoms with Crippen LogP contribution in [0.25, 0.3) is 11.0 Å². The van der Waals surface area contributed by atoms with E-state index in [-0.39, 0.29) is 17.3 Å². The van der Waals surface area contributed by atoms with Crippen LogP contribution in [0.3, 0.4) is 0 Å². The Morgan fingerprint density at radius 2 is 2.19 bits per heavy atom. The number of hydrogen-bond donors (Lipinski definition) is 0. The number of rotatable bonds is 2. The number of likely N-dealkylation sites (N-methyl/N-ethyl adjacent to an activating group) is 1. The number of carbonyl (C=O) groups excluding carboxylic acids is 1. The Bertz CT molecular complexity index is 696. The molecule has 3 rings (SSSR count). The Kier molecular flexibility index (Phi) is 3.84. The fourth-order valence-electron chi connectivity index (χ4n) is 2.96.